The van der Waals surface area contributed by atoms with Crippen LogP contribution in [0.15, 0.2) is 30.3 Å². The second-order valence-corrected chi connectivity index (χ2v) is 3.40. The van der Waals surface area contributed by atoms with Crippen molar-refractivity contribution in [2.24, 2.45) is 5.73 Å². The summed E-state index contributed by atoms with van der Waals surface area (Å²) in [5.74, 6) is -1.32. The minimum absolute atomic E-state index is 0.418. The zero-order chi connectivity index (χ0) is 12.0. The quantitative estimate of drug-likeness (QED) is 0.638. The number of carbonyl (C=O) groups is 2. The predicted octanol–water partition coefficient (Wildman–Crippen LogP) is 1.38. The molecule has 84 valence electrons. The highest BCUT2D eigenvalue weighted by Crippen LogP contribution is 2.11. The molecule has 4 nitrogen and oxygen atoms in total. The van der Waals surface area contributed by atoms with Crippen LogP contribution in [0.3, 0.4) is 0 Å². The third-order valence-electron chi connectivity index (χ3n) is 1.62. The van der Waals surface area contributed by atoms with Crippen molar-refractivity contribution in [2.75, 3.05) is 6.61 Å². The van der Waals surface area contributed by atoms with Crippen LogP contribution in [-0.4, -0.2) is 18.5 Å². The maximum absolute atomic E-state index is 11.1. The fourth-order valence-corrected chi connectivity index (χ4v) is 1.16. The molecule has 0 aromatic heterocycles. The van der Waals surface area contributed by atoms with Crippen LogP contribution >= 0.6 is 11.6 Å². The first kappa shape index (κ1) is 12.3. The van der Waals surface area contributed by atoms with Crippen LogP contribution in [0.5, 0.6) is 0 Å². The number of ether oxygens (including phenoxy) is 1. The highest BCUT2D eigenvalue weighted by molar-refractivity contribution is 6.30. The Morgan fingerprint density at radius 3 is 2.81 bits per heavy atom. The van der Waals surface area contributed by atoms with Gasteiger partial charge in [0.15, 0.2) is 6.61 Å². The van der Waals surface area contributed by atoms with Crippen LogP contribution in [0, 0.1) is 0 Å². The topological polar surface area (TPSA) is 69.4 Å². The molecule has 1 amide bonds. The first-order valence-electron chi connectivity index (χ1n) is 4.46. The zero-order valence-electron chi connectivity index (χ0n) is 8.35. The van der Waals surface area contributed by atoms with Crippen molar-refractivity contribution in [3.05, 3.63) is 40.9 Å². The molecule has 0 saturated carbocycles. The van der Waals surface area contributed by atoms with Crippen LogP contribution in [0.1, 0.15) is 5.56 Å². The molecule has 5 heteroatoms. The fraction of sp³-hybridized carbons (Fsp3) is 0.0909. The lowest BCUT2D eigenvalue weighted by atomic mass is 10.2. The molecule has 1 rings (SSSR count). The van der Waals surface area contributed by atoms with E-state index in [4.69, 9.17) is 17.3 Å². The number of nitrogens with two attached hydrogens (primary N) is 1. The summed E-state index contributed by atoms with van der Waals surface area (Å²) in [4.78, 5) is 21.4. The molecule has 0 saturated heterocycles. The summed E-state index contributed by atoms with van der Waals surface area (Å²) in [6, 6.07) is 6.96. The van der Waals surface area contributed by atoms with Crippen molar-refractivity contribution in [3.8, 4) is 0 Å². The number of hydrogen-bond acceptors (Lipinski definition) is 3. The van der Waals surface area contributed by atoms with Crippen molar-refractivity contribution in [3.63, 3.8) is 0 Å². The average Bonchev–Trinajstić information content (AvgIpc) is 2.23. The number of carbonyl (C=O) groups excluding carboxylic acids is 2. The molecule has 1 aromatic rings. The standard InChI is InChI=1S/C11H10ClNO3/c12-9-3-1-2-8(6-9)4-5-11(15)16-7-10(13)14/h1-6H,7H2,(H2,13,14)/b5-4+. The van der Waals surface area contributed by atoms with E-state index >= 15 is 0 Å². The molecule has 0 atom stereocenters. The van der Waals surface area contributed by atoms with Crippen molar-refractivity contribution < 1.29 is 14.3 Å². The van der Waals surface area contributed by atoms with Crippen molar-refractivity contribution in [2.45, 2.75) is 0 Å². The number of rotatable bonds is 4. The second-order valence-electron chi connectivity index (χ2n) is 2.96. The van der Waals surface area contributed by atoms with Crippen LogP contribution in [-0.2, 0) is 14.3 Å². The molecule has 1 aromatic carbocycles. The van der Waals surface area contributed by atoms with Gasteiger partial charge in [0.05, 0.1) is 0 Å². The normalized spacial score (nSPS) is 10.3. The summed E-state index contributed by atoms with van der Waals surface area (Å²) in [7, 11) is 0. The van der Waals surface area contributed by atoms with Gasteiger partial charge in [-0.15, -0.1) is 0 Å². The Morgan fingerprint density at radius 2 is 2.19 bits per heavy atom. The monoisotopic (exact) mass is 239 g/mol. The van der Waals surface area contributed by atoms with Gasteiger partial charge >= 0.3 is 5.97 Å². The van der Waals surface area contributed by atoms with Crippen LogP contribution in [0.2, 0.25) is 5.02 Å². The lowest BCUT2D eigenvalue weighted by molar-refractivity contribution is -0.142. The minimum atomic E-state index is -0.690. The van der Waals surface area contributed by atoms with Gasteiger partial charge in [0.2, 0.25) is 0 Å². The van der Waals surface area contributed by atoms with E-state index < -0.39 is 18.5 Å². The van der Waals surface area contributed by atoms with E-state index in [9.17, 15) is 9.59 Å². The SMILES string of the molecule is NC(=O)COC(=O)/C=C/c1cccc(Cl)c1. The smallest absolute Gasteiger partial charge is 0.331 e. The summed E-state index contributed by atoms with van der Waals surface area (Å²) in [5.41, 5.74) is 5.58. The maximum atomic E-state index is 11.1. The molecular formula is C11H10ClNO3. The Kier molecular flexibility index (Phi) is 4.54. The Hall–Kier alpha value is -1.81. The van der Waals surface area contributed by atoms with Gasteiger partial charge in [0, 0.05) is 11.1 Å². The average molecular weight is 240 g/mol. The van der Waals surface area contributed by atoms with E-state index in [1.807, 2.05) is 0 Å². The molecule has 0 aliphatic rings. The summed E-state index contributed by atoms with van der Waals surface area (Å²) < 4.78 is 4.52. The summed E-state index contributed by atoms with van der Waals surface area (Å²) >= 11 is 5.75. The maximum Gasteiger partial charge on any atom is 0.331 e. The molecule has 0 aliphatic carbocycles. The number of benzene rings is 1. The summed E-state index contributed by atoms with van der Waals surface area (Å²) in [6.45, 7) is -0.418. The van der Waals surface area contributed by atoms with E-state index in [-0.39, 0.29) is 0 Å². The molecule has 0 heterocycles. The van der Waals surface area contributed by atoms with Crippen molar-refractivity contribution in [1.29, 1.82) is 0 Å². The van der Waals surface area contributed by atoms with Gasteiger partial charge in [-0.1, -0.05) is 23.7 Å². The molecule has 0 aliphatic heterocycles. The first-order valence-corrected chi connectivity index (χ1v) is 4.84. The molecule has 0 radical (unpaired) electrons. The number of hydrogen-bond donors (Lipinski definition) is 1. The third-order valence-corrected chi connectivity index (χ3v) is 1.85. The van der Waals surface area contributed by atoms with E-state index in [1.54, 1.807) is 24.3 Å². The zero-order valence-corrected chi connectivity index (χ0v) is 9.11. The molecule has 16 heavy (non-hydrogen) atoms. The van der Waals surface area contributed by atoms with Crippen LogP contribution in [0.4, 0.5) is 0 Å². The van der Waals surface area contributed by atoms with Gasteiger partial charge in [-0.2, -0.15) is 0 Å². The Morgan fingerprint density at radius 1 is 1.44 bits per heavy atom. The number of halogens is 1. The molecule has 0 unspecified atom stereocenters. The molecule has 0 bridgehead atoms. The fourth-order valence-electron chi connectivity index (χ4n) is 0.965. The lowest BCUT2D eigenvalue weighted by Crippen LogP contribution is -2.19. The molecule has 0 fully saturated rings. The van der Waals surface area contributed by atoms with E-state index in [2.05, 4.69) is 4.74 Å². The van der Waals surface area contributed by atoms with Gasteiger partial charge in [-0.05, 0) is 23.8 Å². The Bertz CT molecular complexity index is 429. The first-order chi connectivity index (χ1) is 7.58. The lowest BCUT2D eigenvalue weighted by Gasteiger charge is -1.97. The summed E-state index contributed by atoms with van der Waals surface area (Å²) in [5, 5.41) is 0.577. The second kappa shape index (κ2) is 5.92. The molecule has 2 N–H and O–H groups in total. The van der Waals surface area contributed by atoms with E-state index in [0.717, 1.165) is 5.56 Å². The number of esters is 1. The number of primary amides is 1. The minimum Gasteiger partial charge on any atom is -0.452 e. The van der Waals surface area contributed by atoms with E-state index in [1.165, 1.54) is 12.2 Å². The molecular weight excluding hydrogens is 230 g/mol. The Labute approximate surface area is 97.6 Å². The van der Waals surface area contributed by atoms with E-state index in [0.29, 0.717) is 5.02 Å². The van der Waals surface area contributed by atoms with Crippen LogP contribution < -0.4 is 5.73 Å². The predicted molar refractivity (Wildman–Crippen MR) is 60.6 cm³/mol. The van der Waals surface area contributed by atoms with Gasteiger partial charge in [0.25, 0.3) is 5.91 Å². The van der Waals surface area contributed by atoms with Gasteiger partial charge < -0.3 is 10.5 Å². The molecule has 0 spiro atoms. The summed E-state index contributed by atoms with van der Waals surface area (Å²) in [6.07, 6.45) is 2.74. The van der Waals surface area contributed by atoms with Crippen LogP contribution in [0.25, 0.3) is 6.08 Å². The van der Waals surface area contributed by atoms with Crippen molar-refractivity contribution >= 4 is 29.6 Å². The third kappa shape index (κ3) is 4.61. The largest absolute Gasteiger partial charge is 0.452 e. The van der Waals surface area contributed by atoms with Gasteiger partial charge in [-0.3, -0.25) is 4.79 Å². The highest BCUT2D eigenvalue weighted by Gasteiger charge is 1.99. The number of amides is 1. The van der Waals surface area contributed by atoms with Gasteiger partial charge in [0.1, 0.15) is 0 Å². The Balaban J connectivity index is 2.53. The highest BCUT2D eigenvalue weighted by atomic mass is 35.5. The van der Waals surface area contributed by atoms with Crippen molar-refractivity contribution in [1.82, 2.24) is 0 Å². The van der Waals surface area contributed by atoms with Gasteiger partial charge in [-0.25, -0.2) is 4.79 Å².